The van der Waals surface area contributed by atoms with Crippen molar-refractivity contribution < 1.29 is 31.9 Å². The summed E-state index contributed by atoms with van der Waals surface area (Å²) in [5, 5.41) is 3.82. The first-order chi connectivity index (χ1) is 14.4. The van der Waals surface area contributed by atoms with Gasteiger partial charge in [0.1, 0.15) is 13.2 Å². The summed E-state index contributed by atoms with van der Waals surface area (Å²) >= 11 is 0. The van der Waals surface area contributed by atoms with Crippen LogP contribution in [0.3, 0.4) is 0 Å². The third kappa shape index (κ3) is 5.70. The Hall–Kier alpha value is -2.66. The Kier molecular flexibility index (Phi) is 7.27. The van der Waals surface area contributed by atoms with E-state index in [9.17, 15) is 13.2 Å². The predicted octanol–water partition coefficient (Wildman–Crippen LogP) is 2.16. The summed E-state index contributed by atoms with van der Waals surface area (Å²) in [5.41, 5.74) is 0. The number of hydrogen-bond donors (Lipinski definition) is 1. The van der Waals surface area contributed by atoms with Crippen molar-refractivity contribution in [2.45, 2.75) is 50.5 Å². The summed E-state index contributed by atoms with van der Waals surface area (Å²) in [4.78, 5) is 16.2. The minimum absolute atomic E-state index is 0.0456. The zero-order valence-electron chi connectivity index (χ0n) is 16.9. The van der Waals surface area contributed by atoms with Crippen LogP contribution in [-0.4, -0.2) is 44.3 Å². The largest absolute Gasteiger partial charge is 0.486 e. The minimum atomic E-state index is -3.73. The maximum atomic E-state index is 12.4. The summed E-state index contributed by atoms with van der Waals surface area (Å²) in [5.74, 6) is 1.25. The molecule has 2 heterocycles. The van der Waals surface area contributed by atoms with Gasteiger partial charge in [0.15, 0.2) is 23.4 Å². The van der Waals surface area contributed by atoms with Crippen molar-refractivity contribution in [1.82, 2.24) is 14.9 Å². The number of hydrogen-bond acceptors (Lipinski definition) is 9. The first-order valence-corrected chi connectivity index (χ1v) is 11.3. The van der Waals surface area contributed by atoms with Gasteiger partial charge in [0, 0.05) is 25.5 Å². The van der Waals surface area contributed by atoms with Crippen LogP contribution in [0.5, 0.6) is 11.5 Å². The van der Waals surface area contributed by atoms with E-state index >= 15 is 0 Å². The van der Waals surface area contributed by atoms with Crippen molar-refractivity contribution in [2.24, 2.45) is 0 Å². The molecule has 1 aromatic carbocycles. The van der Waals surface area contributed by atoms with Crippen molar-refractivity contribution in [2.75, 3.05) is 19.8 Å². The first-order valence-electron chi connectivity index (χ1n) is 9.80. The fourth-order valence-corrected chi connectivity index (χ4v) is 3.87. The lowest BCUT2D eigenvalue weighted by atomic mass is 10.3. The highest BCUT2D eigenvalue weighted by Crippen LogP contribution is 2.32. The highest BCUT2D eigenvalue weighted by molar-refractivity contribution is 7.89. The normalized spacial score (nSPS) is 14.3. The molecule has 1 aliphatic heterocycles. The van der Waals surface area contributed by atoms with Gasteiger partial charge in [0.25, 0.3) is 5.89 Å². The third-order valence-corrected chi connectivity index (χ3v) is 5.75. The number of fused-ring (bicyclic) bond motifs is 1. The average Bonchev–Trinajstić information content (AvgIpc) is 3.20. The first kappa shape index (κ1) is 22.0. The zero-order valence-corrected chi connectivity index (χ0v) is 17.7. The molecule has 0 spiro atoms. The molecular formula is C19H25N3O7S. The number of nitrogens with zero attached hydrogens (tertiary/aromatic N) is 2. The lowest BCUT2D eigenvalue weighted by Crippen LogP contribution is -2.26. The second-order valence-corrected chi connectivity index (χ2v) is 8.50. The topological polar surface area (TPSA) is 130 Å². The summed E-state index contributed by atoms with van der Waals surface area (Å²) in [6.45, 7) is 4.53. The molecule has 2 aromatic rings. The molecule has 0 bridgehead atoms. The summed E-state index contributed by atoms with van der Waals surface area (Å²) in [6, 6.07) is 4.43. The lowest BCUT2D eigenvalue weighted by Gasteiger charge is -2.18. The second-order valence-electron chi connectivity index (χ2n) is 6.74. The summed E-state index contributed by atoms with van der Waals surface area (Å²) in [6.07, 6.45) is 1.23. The van der Waals surface area contributed by atoms with Gasteiger partial charge in [-0.25, -0.2) is 13.1 Å². The standard InChI is InChI=1S/C19H25N3O7S/c1-3-5-17-21-19(29-22-17)13(2)28-18(23)6-4-9-20-30(24,25)14-7-8-15-16(12-14)27-11-10-26-15/h7-8,12-13,20H,3-6,9-11H2,1-2H3. The lowest BCUT2D eigenvalue weighted by molar-refractivity contribution is -0.149. The Morgan fingerprint density at radius 3 is 2.80 bits per heavy atom. The van der Waals surface area contributed by atoms with E-state index in [4.69, 9.17) is 18.7 Å². The molecule has 0 fully saturated rings. The maximum absolute atomic E-state index is 12.4. The van der Waals surface area contributed by atoms with Crippen molar-refractivity contribution in [3.8, 4) is 11.5 Å². The van der Waals surface area contributed by atoms with Gasteiger partial charge in [-0.1, -0.05) is 12.1 Å². The highest BCUT2D eigenvalue weighted by atomic mass is 32.2. The van der Waals surface area contributed by atoms with Crippen LogP contribution in [0, 0.1) is 0 Å². The Morgan fingerprint density at radius 2 is 2.03 bits per heavy atom. The van der Waals surface area contributed by atoms with E-state index in [1.165, 1.54) is 12.1 Å². The van der Waals surface area contributed by atoms with Gasteiger partial charge in [-0.3, -0.25) is 4.79 Å². The minimum Gasteiger partial charge on any atom is -0.486 e. The molecule has 0 saturated carbocycles. The van der Waals surface area contributed by atoms with Gasteiger partial charge in [0.05, 0.1) is 4.90 Å². The van der Waals surface area contributed by atoms with Crippen LogP contribution in [0.25, 0.3) is 0 Å². The van der Waals surface area contributed by atoms with Gasteiger partial charge in [0.2, 0.25) is 10.0 Å². The molecule has 0 amide bonds. The van der Waals surface area contributed by atoms with E-state index < -0.39 is 22.1 Å². The fraction of sp³-hybridized carbons (Fsp3) is 0.526. The number of carbonyl (C=O) groups excluding carboxylic acids is 1. The molecule has 10 nitrogen and oxygen atoms in total. The van der Waals surface area contributed by atoms with E-state index in [1.807, 2.05) is 6.92 Å². The molecule has 3 rings (SSSR count). The summed E-state index contributed by atoms with van der Waals surface area (Å²) < 4.78 is 48.5. The molecule has 1 atom stereocenters. The SMILES string of the molecule is CCCc1noc(C(C)OC(=O)CCCNS(=O)(=O)c2ccc3c(c2)OCCO3)n1. The zero-order chi connectivity index (χ0) is 21.6. The number of benzene rings is 1. The van der Waals surface area contributed by atoms with Crippen LogP contribution in [0.4, 0.5) is 0 Å². The van der Waals surface area contributed by atoms with E-state index in [1.54, 1.807) is 13.0 Å². The van der Waals surface area contributed by atoms with E-state index in [0.29, 0.717) is 37.0 Å². The molecule has 1 aliphatic rings. The Balaban J connectivity index is 1.43. The Labute approximate surface area is 174 Å². The van der Waals surface area contributed by atoms with Gasteiger partial charge < -0.3 is 18.7 Å². The number of aryl methyl sites for hydroxylation is 1. The van der Waals surface area contributed by atoms with E-state index in [0.717, 1.165) is 6.42 Å². The Bertz CT molecular complexity index is 974. The molecule has 0 saturated heterocycles. The fourth-order valence-electron chi connectivity index (χ4n) is 2.78. The van der Waals surface area contributed by atoms with Crippen LogP contribution in [0.1, 0.15) is 50.9 Å². The average molecular weight is 439 g/mol. The predicted molar refractivity (Wildman–Crippen MR) is 105 cm³/mol. The van der Waals surface area contributed by atoms with Gasteiger partial charge in [-0.05, 0) is 31.9 Å². The summed E-state index contributed by atoms with van der Waals surface area (Å²) in [7, 11) is -3.73. The Morgan fingerprint density at radius 1 is 1.27 bits per heavy atom. The quantitative estimate of drug-likeness (QED) is 0.437. The van der Waals surface area contributed by atoms with Crippen molar-refractivity contribution >= 4 is 16.0 Å². The molecular weight excluding hydrogens is 414 g/mol. The number of nitrogens with one attached hydrogen (secondary N) is 1. The number of carbonyl (C=O) groups is 1. The van der Waals surface area contributed by atoms with Crippen LogP contribution in [0.15, 0.2) is 27.6 Å². The molecule has 164 valence electrons. The van der Waals surface area contributed by atoms with Crippen LogP contribution < -0.4 is 14.2 Å². The molecule has 1 aromatic heterocycles. The molecule has 30 heavy (non-hydrogen) atoms. The maximum Gasteiger partial charge on any atom is 0.306 e. The smallest absolute Gasteiger partial charge is 0.306 e. The van der Waals surface area contributed by atoms with Crippen molar-refractivity contribution in [1.29, 1.82) is 0 Å². The van der Waals surface area contributed by atoms with Gasteiger partial charge in [-0.15, -0.1) is 0 Å². The van der Waals surface area contributed by atoms with E-state index in [2.05, 4.69) is 14.9 Å². The second kappa shape index (κ2) is 9.90. The monoisotopic (exact) mass is 439 g/mol. The number of ether oxygens (including phenoxy) is 3. The molecule has 1 unspecified atom stereocenters. The van der Waals surface area contributed by atoms with E-state index in [-0.39, 0.29) is 30.2 Å². The number of esters is 1. The van der Waals surface area contributed by atoms with Crippen LogP contribution in [0.2, 0.25) is 0 Å². The molecule has 11 heteroatoms. The third-order valence-electron chi connectivity index (χ3n) is 4.29. The van der Waals surface area contributed by atoms with Gasteiger partial charge >= 0.3 is 5.97 Å². The molecule has 0 aliphatic carbocycles. The number of sulfonamides is 1. The van der Waals surface area contributed by atoms with Crippen LogP contribution in [-0.2, 0) is 26.0 Å². The number of rotatable bonds is 10. The molecule has 1 N–H and O–H groups in total. The highest BCUT2D eigenvalue weighted by Gasteiger charge is 2.20. The van der Waals surface area contributed by atoms with Crippen molar-refractivity contribution in [3.63, 3.8) is 0 Å². The molecule has 0 radical (unpaired) electrons. The van der Waals surface area contributed by atoms with Gasteiger partial charge in [-0.2, -0.15) is 4.98 Å². The number of aromatic nitrogens is 2. The van der Waals surface area contributed by atoms with Crippen LogP contribution >= 0.6 is 0 Å². The van der Waals surface area contributed by atoms with Crippen molar-refractivity contribution in [3.05, 3.63) is 29.9 Å².